The molecule has 2 aliphatic rings. The summed E-state index contributed by atoms with van der Waals surface area (Å²) in [6.07, 6.45) is -9.42. The number of rotatable bonds is 8. The minimum Gasteiger partial charge on any atom is -0.481 e. The Kier molecular flexibility index (Phi) is 8.70. The number of hydrogen-bond acceptors (Lipinski definition) is 4. The highest BCUT2D eigenvalue weighted by Crippen LogP contribution is 2.50. The van der Waals surface area contributed by atoms with Crippen LogP contribution in [0.15, 0.2) is 53.5 Å². The molecule has 1 aliphatic heterocycles. The van der Waals surface area contributed by atoms with E-state index in [4.69, 9.17) is 5.11 Å². The van der Waals surface area contributed by atoms with Gasteiger partial charge in [-0.25, -0.2) is 0 Å². The van der Waals surface area contributed by atoms with Gasteiger partial charge in [0.2, 0.25) is 0 Å². The maximum atomic E-state index is 13.9. The van der Waals surface area contributed by atoms with E-state index in [1.807, 2.05) is 0 Å². The van der Waals surface area contributed by atoms with Crippen LogP contribution in [0.5, 0.6) is 0 Å². The van der Waals surface area contributed by atoms with E-state index in [1.54, 1.807) is 19.1 Å². The Morgan fingerprint density at radius 3 is 2.26 bits per heavy atom. The molecule has 1 aliphatic carbocycles. The molecule has 3 atom stereocenters. The van der Waals surface area contributed by atoms with Gasteiger partial charge in [0.25, 0.3) is 11.8 Å². The predicted molar refractivity (Wildman–Crippen MR) is 140 cm³/mol. The summed E-state index contributed by atoms with van der Waals surface area (Å²) >= 11 is 0. The number of hydrogen-bond donors (Lipinski definition) is 2. The van der Waals surface area contributed by atoms with E-state index >= 15 is 0 Å². The van der Waals surface area contributed by atoms with E-state index in [0.29, 0.717) is 5.56 Å². The van der Waals surface area contributed by atoms with Crippen molar-refractivity contribution in [2.24, 2.45) is 10.9 Å². The summed E-state index contributed by atoms with van der Waals surface area (Å²) in [7, 11) is 0. The Labute approximate surface area is 237 Å². The predicted octanol–water partition coefficient (Wildman–Crippen LogP) is 6.14. The van der Waals surface area contributed by atoms with Crippen LogP contribution >= 0.6 is 0 Å². The molecule has 4 rings (SSSR count). The van der Waals surface area contributed by atoms with E-state index in [9.17, 15) is 40.7 Å². The maximum absolute atomic E-state index is 13.9. The first-order valence-electron chi connectivity index (χ1n) is 13.4. The molecule has 42 heavy (non-hydrogen) atoms. The molecular weight excluding hydrogens is 568 g/mol. The smallest absolute Gasteiger partial charge is 0.416 e. The second kappa shape index (κ2) is 11.8. The first-order chi connectivity index (χ1) is 19.7. The summed E-state index contributed by atoms with van der Waals surface area (Å²) in [4.78, 5) is 42.9. The lowest BCUT2D eigenvalue weighted by atomic mass is 9.79. The second-order valence-corrected chi connectivity index (χ2v) is 10.5. The molecule has 2 aromatic carbocycles. The summed E-state index contributed by atoms with van der Waals surface area (Å²) < 4.78 is 81.1. The molecule has 2 unspecified atom stereocenters. The molecule has 0 radical (unpaired) electrons. The normalized spacial score (nSPS) is 21.8. The molecule has 1 spiro atoms. The first-order valence-corrected chi connectivity index (χ1v) is 13.4. The van der Waals surface area contributed by atoms with Gasteiger partial charge in [0.1, 0.15) is 11.4 Å². The number of halogens is 6. The van der Waals surface area contributed by atoms with Gasteiger partial charge < -0.3 is 15.3 Å². The van der Waals surface area contributed by atoms with Gasteiger partial charge in [-0.2, -0.15) is 26.3 Å². The van der Waals surface area contributed by atoms with Gasteiger partial charge in [0.15, 0.2) is 0 Å². The number of alkyl halides is 6. The van der Waals surface area contributed by atoms with E-state index in [1.165, 1.54) is 17.0 Å². The molecule has 13 heteroatoms. The van der Waals surface area contributed by atoms with Crippen molar-refractivity contribution in [3.05, 3.63) is 70.8 Å². The molecule has 7 nitrogen and oxygen atoms in total. The van der Waals surface area contributed by atoms with Crippen molar-refractivity contribution in [2.75, 3.05) is 6.54 Å². The topological polar surface area (TPSA) is 99.1 Å². The number of aliphatic imine (C=N–C) groups is 1. The van der Waals surface area contributed by atoms with E-state index in [2.05, 4.69) is 10.3 Å². The molecule has 226 valence electrons. The summed E-state index contributed by atoms with van der Waals surface area (Å²) in [5.41, 5.74) is -1.85. The third kappa shape index (κ3) is 6.44. The molecule has 2 N–H and O–H groups in total. The Morgan fingerprint density at radius 2 is 1.71 bits per heavy atom. The third-order valence-corrected chi connectivity index (χ3v) is 7.72. The van der Waals surface area contributed by atoms with E-state index in [-0.39, 0.29) is 55.5 Å². The zero-order chi connectivity index (χ0) is 30.9. The van der Waals surface area contributed by atoms with Crippen molar-refractivity contribution in [3.63, 3.8) is 0 Å². The Hall–Kier alpha value is -3.90. The lowest BCUT2D eigenvalue weighted by Gasteiger charge is -2.46. The van der Waals surface area contributed by atoms with Gasteiger partial charge in [-0.15, -0.1) is 0 Å². The quantitative estimate of drug-likeness (QED) is 0.357. The Morgan fingerprint density at radius 1 is 1.07 bits per heavy atom. The zero-order valence-electron chi connectivity index (χ0n) is 22.6. The van der Waals surface area contributed by atoms with Crippen LogP contribution in [0.2, 0.25) is 0 Å². The Balaban J connectivity index is 1.69. The number of aliphatic carboxylic acids is 1. The fraction of sp³-hybridized carbons (Fsp3) is 0.448. The van der Waals surface area contributed by atoms with Crippen molar-refractivity contribution in [3.8, 4) is 0 Å². The summed E-state index contributed by atoms with van der Waals surface area (Å²) in [5.74, 6) is -3.99. The maximum Gasteiger partial charge on any atom is 0.416 e. The van der Waals surface area contributed by atoms with Crippen LogP contribution in [0.1, 0.15) is 78.5 Å². The molecule has 1 saturated carbocycles. The number of carboxylic acids is 1. The molecule has 0 bridgehead atoms. The van der Waals surface area contributed by atoms with Crippen molar-refractivity contribution in [1.29, 1.82) is 0 Å². The lowest BCUT2D eigenvalue weighted by Crippen LogP contribution is -2.52. The standard InChI is InChI=1S/C29H29F6N3O4/c1-2-22(17-5-7-19(8-6-17)25(41)36-15-13-23(39)40)38-26(42)24(18-9-11-20(12-10-18)28(30,31)32)37-27(38)14-3-4-21(16-27)29(33,34)35/h5-12,21-22H,2-4,13-16H2,1H3,(H,36,41)(H,39,40)/t21?,22-,27?/m1/s1. The van der Waals surface area contributed by atoms with Gasteiger partial charge >= 0.3 is 18.3 Å². The monoisotopic (exact) mass is 597 g/mol. The minimum absolute atomic E-state index is 0.0761. The SMILES string of the molecule is CC[C@H](c1ccc(C(=O)NCCC(=O)O)cc1)N1C(=O)C(c2ccc(C(F)(F)F)cc2)=NC12CCCC(C(F)(F)F)C2. The lowest BCUT2D eigenvalue weighted by molar-refractivity contribution is -0.195. The van der Waals surface area contributed by atoms with Crippen molar-refractivity contribution >= 4 is 23.5 Å². The van der Waals surface area contributed by atoms with Crippen LogP contribution in [-0.4, -0.2) is 51.9 Å². The number of nitrogens with one attached hydrogen (secondary N) is 1. The first kappa shape index (κ1) is 31.0. The average Bonchev–Trinajstić information content (AvgIpc) is 3.19. The van der Waals surface area contributed by atoms with Crippen molar-refractivity contribution in [1.82, 2.24) is 10.2 Å². The van der Waals surface area contributed by atoms with Crippen LogP contribution in [0.4, 0.5) is 26.3 Å². The Bertz CT molecular complexity index is 1360. The van der Waals surface area contributed by atoms with Gasteiger partial charge in [-0.1, -0.05) is 31.2 Å². The molecular formula is C29H29F6N3O4. The van der Waals surface area contributed by atoms with Crippen LogP contribution in [0.25, 0.3) is 0 Å². The molecule has 1 fully saturated rings. The van der Waals surface area contributed by atoms with Crippen LogP contribution < -0.4 is 5.32 Å². The number of carbonyl (C=O) groups is 3. The minimum atomic E-state index is -4.61. The van der Waals surface area contributed by atoms with Gasteiger partial charge in [0, 0.05) is 24.1 Å². The molecule has 2 amide bonds. The largest absolute Gasteiger partial charge is 0.481 e. The van der Waals surface area contributed by atoms with E-state index in [0.717, 1.165) is 24.3 Å². The molecule has 0 saturated heterocycles. The average molecular weight is 598 g/mol. The van der Waals surface area contributed by atoms with Crippen LogP contribution in [0, 0.1) is 5.92 Å². The van der Waals surface area contributed by atoms with E-state index < -0.39 is 59.7 Å². The highest BCUT2D eigenvalue weighted by atomic mass is 19.4. The van der Waals surface area contributed by atoms with Crippen LogP contribution in [0.3, 0.4) is 0 Å². The third-order valence-electron chi connectivity index (χ3n) is 7.72. The van der Waals surface area contributed by atoms with Crippen molar-refractivity contribution in [2.45, 2.75) is 69.5 Å². The van der Waals surface area contributed by atoms with Gasteiger partial charge in [0.05, 0.1) is 23.9 Å². The number of benzene rings is 2. The molecule has 1 heterocycles. The fourth-order valence-corrected chi connectivity index (χ4v) is 5.69. The van der Waals surface area contributed by atoms with Gasteiger partial charge in [-0.3, -0.25) is 19.4 Å². The number of amides is 2. The molecule has 2 aromatic rings. The zero-order valence-corrected chi connectivity index (χ0v) is 22.6. The van der Waals surface area contributed by atoms with Crippen molar-refractivity contribution < 1.29 is 45.8 Å². The number of carboxylic acid groups (broad SMARTS) is 1. The van der Waals surface area contributed by atoms with Gasteiger partial charge in [-0.05, 0) is 55.5 Å². The molecule has 0 aromatic heterocycles. The highest BCUT2D eigenvalue weighted by molar-refractivity contribution is 6.46. The highest BCUT2D eigenvalue weighted by Gasteiger charge is 2.56. The summed E-state index contributed by atoms with van der Waals surface area (Å²) in [6.45, 7) is 1.67. The second-order valence-electron chi connectivity index (χ2n) is 10.5. The number of nitrogens with zero attached hydrogens (tertiary/aromatic N) is 2. The summed E-state index contributed by atoms with van der Waals surface area (Å²) in [6, 6.07) is 9.14. The number of carbonyl (C=O) groups excluding carboxylic acids is 2. The fourth-order valence-electron chi connectivity index (χ4n) is 5.69. The summed E-state index contributed by atoms with van der Waals surface area (Å²) in [5, 5.41) is 11.2. The van der Waals surface area contributed by atoms with Crippen LogP contribution in [-0.2, 0) is 15.8 Å².